The zero-order valence-electron chi connectivity index (χ0n) is 12.6. The number of ether oxygens (including phenoxy) is 3. The van der Waals surface area contributed by atoms with Crippen LogP contribution < -0.4 is 10.1 Å². The minimum Gasteiger partial charge on any atom is -0.493 e. The summed E-state index contributed by atoms with van der Waals surface area (Å²) in [6.07, 6.45) is 3.47. The van der Waals surface area contributed by atoms with Crippen LogP contribution in [0, 0.1) is 0 Å². The maximum Gasteiger partial charge on any atom is 0.161 e. The predicted octanol–water partition coefficient (Wildman–Crippen LogP) is 1.72. The topological polar surface area (TPSA) is 57.5 Å². The maximum atomic E-state index is 5.58. The van der Waals surface area contributed by atoms with E-state index in [2.05, 4.69) is 24.3 Å². The minimum absolute atomic E-state index is 0.121. The van der Waals surface area contributed by atoms with Gasteiger partial charge in [-0.1, -0.05) is 6.92 Å². The molecule has 114 valence electrons. The Morgan fingerprint density at radius 1 is 1.45 bits per heavy atom. The number of rotatable bonds is 8. The Labute approximate surface area is 120 Å². The van der Waals surface area contributed by atoms with Crippen molar-refractivity contribution in [2.24, 2.45) is 0 Å². The first kappa shape index (κ1) is 15.3. The van der Waals surface area contributed by atoms with Crippen LogP contribution in [0.4, 0.5) is 0 Å². The van der Waals surface area contributed by atoms with Gasteiger partial charge in [0.2, 0.25) is 0 Å². The van der Waals surface area contributed by atoms with Crippen LogP contribution in [0.25, 0.3) is 0 Å². The highest BCUT2D eigenvalue weighted by Crippen LogP contribution is 2.29. The van der Waals surface area contributed by atoms with Crippen LogP contribution in [0.5, 0.6) is 5.75 Å². The number of aryl methyl sites for hydroxylation is 1. The first-order valence-corrected chi connectivity index (χ1v) is 7.36. The lowest BCUT2D eigenvalue weighted by Crippen LogP contribution is -2.29. The number of nitrogens with zero attached hydrogens (tertiary/aromatic N) is 2. The third-order valence-corrected chi connectivity index (χ3v) is 3.45. The summed E-state index contributed by atoms with van der Waals surface area (Å²) in [5, 5.41) is 7.93. The molecule has 1 N–H and O–H groups in total. The van der Waals surface area contributed by atoms with E-state index >= 15 is 0 Å². The van der Waals surface area contributed by atoms with Gasteiger partial charge in [-0.3, -0.25) is 4.68 Å². The van der Waals surface area contributed by atoms with Crippen LogP contribution in [-0.2, 0) is 16.0 Å². The lowest BCUT2D eigenvalue weighted by atomic mass is 10.1. The summed E-state index contributed by atoms with van der Waals surface area (Å²) in [6, 6.07) is 0.121. The van der Waals surface area contributed by atoms with E-state index in [1.165, 1.54) is 0 Å². The van der Waals surface area contributed by atoms with E-state index in [-0.39, 0.29) is 12.3 Å². The number of nitrogens with one attached hydrogen (secondary N) is 1. The van der Waals surface area contributed by atoms with E-state index in [1.807, 2.05) is 4.68 Å². The van der Waals surface area contributed by atoms with Crippen LogP contribution in [-0.4, -0.2) is 42.9 Å². The molecule has 0 aromatic carbocycles. The van der Waals surface area contributed by atoms with Gasteiger partial charge in [-0.25, -0.2) is 0 Å². The van der Waals surface area contributed by atoms with Crippen molar-refractivity contribution in [2.45, 2.75) is 45.6 Å². The van der Waals surface area contributed by atoms with Crippen molar-refractivity contribution in [1.29, 1.82) is 0 Å². The summed E-state index contributed by atoms with van der Waals surface area (Å²) in [5.41, 5.74) is 1.07. The molecule has 2 rings (SSSR count). The fourth-order valence-corrected chi connectivity index (χ4v) is 2.48. The van der Waals surface area contributed by atoms with E-state index in [0.29, 0.717) is 13.2 Å². The third kappa shape index (κ3) is 3.50. The number of methoxy groups -OCH3 is 1. The van der Waals surface area contributed by atoms with Crippen molar-refractivity contribution < 1.29 is 14.2 Å². The number of hydrogen-bond donors (Lipinski definition) is 1. The SMILES string of the molecule is CCCNC(CC1OCCO1)c1c(OC)cnn1CC. The van der Waals surface area contributed by atoms with Gasteiger partial charge in [-0.2, -0.15) is 5.10 Å². The first-order valence-electron chi connectivity index (χ1n) is 7.36. The van der Waals surface area contributed by atoms with Crippen molar-refractivity contribution >= 4 is 0 Å². The van der Waals surface area contributed by atoms with E-state index in [9.17, 15) is 0 Å². The highest BCUT2D eigenvalue weighted by atomic mass is 16.7. The van der Waals surface area contributed by atoms with Gasteiger partial charge in [0.05, 0.1) is 38.3 Å². The molecule has 0 bridgehead atoms. The summed E-state index contributed by atoms with van der Waals surface area (Å²) in [6.45, 7) is 7.34. The Morgan fingerprint density at radius 2 is 2.20 bits per heavy atom. The molecule has 6 heteroatoms. The molecule has 1 atom stereocenters. The Hall–Kier alpha value is -1.11. The zero-order valence-corrected chi connectivity index (χ0v) is 12.6. The molecule has 0 spiro atoms. The molecule has 20 heavy (non-hydrogen) atoms. The van der Waals surface area contributed by atoms with E-state index < -0.39 is 0 Å². The van der Waals surface area contributed by atoms with Gasteiger partial charge < -0.3 is 19.5 Å². The summed E-state index contributed by atoms with van der Waals surface area (Å²) >= 11 is 0. The second-order valence-electron chi connectivity index (χ2n) is 4.83. The van der Waals surface area contributed by atoms with Crippen LogP contribution in [0.2, 0.25) is 0 Å². The molecule has 1 aromatic rings. The normalized spacial score (nSPS) is 17.6. The predicted molar refractivity (Wildman–Crippen MR) is 75.8 cm³/mol. The molecule has 0 amide bonds. The molecule has 1 saturated heterocycles. The van der Waals surface area contributed by atoms with Gasteiger partial charge >= 0.3 is 0 Å². The fourth-order valence-electron chi connectivity index (χ4n) is 2.48. The van der Waals surface area contributed by atoms with Gasteiger partial charge in [0, 0.05) is 13.0 Å². The minimum atomic E-state index is -0.144. The third-order valence-electron chi connectivity index (χ3n) is 3.45. The Balaban J connectivity index is 2.17. The second kappa shape index (κ2) is 7.61. The first-order chi connectivity index (χ1) is 9.80. The lowest BCUT2D eigenvalue weighted by molar-refractivity contribution is -0.0535. The Morgan fingerprint density at radius 3 is 2.80 bits per heavy atom. The van der Waals surface area contributed by atoms with Gasteiger partial charge in [0.25, 0.3) is 0 Å². The summed E-state index contributed by atoms with van der Waals surface area (Å²) in [4.78, 5) is 0. The van der Waals surface area contributed by atoms with Crippen molar-refractivity contribution in [3.63, 3.8) is 0 Å². The molecule has 1 aliphatic heterocycles. The lowest BCUT2D eigenvalue weighted by Gasteiger charge is -2.23. The summed E-state index contributed by atoms with van der Waals surface area (Å²) in [7, 11) is 1.68. The molecule has 0 saturated carbocycles. The van der Waals surface area contributed by atoms with Gasteiger partial charge in [0.15, 0.2) is 12.0 Å². The van der Waals surface area contributed by atoms with Gasteiger partial charge in [0.1, 0.15) is 0 Å². The molecule has 6 nitrogen and oxygen atoms in total. The molecule has 1 aliphatic rings. The molecule has 0 radical (unpaired) electrons. The van der Waals surface area contributed by atoms with Crippen molar-refractivity contribution in [1.82, 2.24) is 15.1 Å². The van der Waals surface area contributed by atoms with E-state index in [0.717, 1.165) is 37.4 Å². The van der Waals surface area contributed by atoms with Crippen LogP contribution in [0.1, 0.15) is 38.4 Å². The van der Waals surface area contributed by atoms with Crippen LogP contribution in [0.3, 0.4) is 0 Å². The second-order valence-corrected chi connectivity index (χ2v) is 4.83. The fraction of sp³-hybridized carbons (Fsp3) is 0.786. The average Bonchev–Trinajstić information content (AvgIpc) is 3.11. The number of aromatic nitrogens is 2. The smallest absolute Gasteiger partial charge is 0.161 e. The molecule has 1 fully saturated rings. The van der Waals surface area contributed by atoms with Gasteiger partial charge in [-0.15, -0.1) is 0 Å². The highest BCUT2D eigenvalue weighted by Gasteiger charge is 2.27. The van der Waals surface area contributed by atoms with Crippen molar-refractivity contribution in [2.75, 3.05) is 26.9 Å². The Kier molecular flexibility index (Phi) is 5.82. The molecule has 1 aromatic heterocycles. The van der Waals surface area contributed by atoms with Crippen molar-refractivity contribution in [3.8, 4) is 5.75 Å². The Bertz CT molecular complexity index is 381. The molecule has 2 heterocycles. The largest absolute Gasteiger partial charge is 0.493 e. The zero-order chi connectivity index (χ0) is 14.4. The summed E-state index contributed by atoms with van der Waals surface area (Å²) < 4.78 is 18.6. The monoisotopic (exact) mass is 283 g/mol. The maximum absolute atomic E-state index is 5.58. The van der Waals surface area contributed by atoms with Crippen molar-refractivity contribution in [3.05, 3.63) is 11.9 Å². The quantitative estimate of drug-likeness (QED) is 0.787. The molecule has 1 unspecified atom stereocenters. The molecular weight excluding hydrogens is 258 g/mol. The molecule has 0 aliphatic carbocycles. The average molecular weight is 283 g/mol. The highest BCUT2D eigenvalue weighted by molar-refractivity contribution is 5.28. The van der Waals surface area contributed by atoms with Crippen LogP contribution in [0.15, 0.2) is 6.20 Å². The number of hydrogen-bond acceptors (Lipinski definition) is 5. The molecular formula is C14H25N3O3. The summed E-state index contributed by atoms with van der Waals surface area (Å²) in [5.74, 6) is 0.818. The van der Waals surface area contributed by atoms with E-state index in [1.54, 1.807) is 13.3 Å². The standard InChI is InChI=1S/C14H25N3O3/c1-4-6-15-11(9-13-19-7-8-20-13)14-12(18-3)10-16-17(14)5-2/h10-11,13,15H,4-9H2,1-3H3. The van der Waals surface area contributed by atoms with Gasteiger partial charge in [-0.05, 0) is 19.9 Å². The van der Waals surface area contributed by atoms with Crippen LogP contribution >= 0.6 is 0 Å². The van der Waals surface area contributed by atoms with E-state index in [4.69, 9.17) is 14.2 Å².